The number of rotatable bonds is 8. The molecule has 1 amide bonds. The highest BCUT2D eigenvalue weighted by atomic mass is 35.5. The van der Waals surface area contributed by atoms with E-state index >= 15 is 0 Å². The minimum atomic E-state index is -0.634. The van der Waals surface area contributed by atoms with Crippen LogP contribution in [0, 0.1) is 5.41 Å². The van der Waals surface area contributed by atoms with Gasteiger partial charge in [-0.25, -0.2) is 0 Å². The lowest BCUT2D eigenvalue weighted by atomic mass is 9.87. The Morgan fingerprint density at radius 3 is 2.30 bits per heavy atom. The lowest BCUT2D eigenvalue weighted by Crippen LogP contribution is -2.49. The third kappa shape index (κ3) is 10.0. The highest BCUT2D eigenvalue weighted by molar-refractivity contribution is 5.86. The molecule has 0 aromatic rings. The standard InChI is InChI=1S/C14H28N2O3.ClH/c1-5-6-7-8-9-19-11(17)10-16-13(18)12(15)14(2,3)4;/h12H,5-10,15H2,1-4H3,(H,16,18);1H. The number of unbranched alkanes of at least 4 members (excludes halogenated alkanes) is 3. The second-order valence-electron chi connectivity index (χ2n) is 5.84. The average molecular weight is 309 g/mol. The Bertz CT molecular complexity index is 291. The number of nitrogens with one attached hydrogen (secondary N) is 1. The van der Waals surface area contributed by atoms with E-state index in [1.807, 2.05) is 20.8 Å². The molecule has 1 atom stereocenters. The van der Waals surface area contributed by atoms with Crippen LogP contribution in [0.3, 0.4) is 0 Å². The van der Waals surface area contributed by atoms with E-state index < -0.39 is 12.0 Å². The first-order valence-corrected chi connectivity index (χ1v) is 6.98. The maximum atomic E-state index is 11.7. The maximum absolute atomic E-state index is 11.7. The summed E-state index contributed by atoms with van der Waals surface area (Å²) >= 11 is 0. The lowest BCUT2D eigenvalue weighted by molar-refractivity contribution is -0.144. The van der Waals surface area contributed by atoms with Gasteiger partial charge in [0.05, 0.1) is 12.6 Å². The third-order valence-corrected chi connectivity index (χ3v) is 2.88. The Kier molecular flexibility index (Phi) is 11.7. The van der Waals surface area contributed by atoms with E-state index in [2.05, 4.69) is 12.2 Å². The average Bonchev–Trinajstić information content (AvgIpc) is 2.33. The predicted molar refractivity (Wildman–Crippen MR) is 82.8 cm³/mol. The van der Waals surface area contributed by atoms with Crippen molar-refractivity contribution in [1.82, 2.24) is 5.32 Å². The monoisotopic (exact) mass is 308 g/mol. The van der Waals surface area contributed by atoms with E-state index in [0.717, 1.165) is 25.7 Å². The largest absolute Gasteiger partial charge is 0.464 e. The summed E-state index contributed by atoms with van der Waals surface area (Å²) in [6.45, 7) is 8.06. The van der Waals surface area contributed by atoms with Crippen molar-refractivity contribution in [3.63, 3.8) is 0 Å². The Morgan fingerprint density at radius 2 is 1.80 bits per heavy atom. The van der Waals surface area contributed by atoms with Crippen LogP contribution in [0.5, 0.6) is 0 Å². The van der Waals surface area contributed by atoms with E-state index in [1.165, 1.54) is 0 Å². The fourth-order valence-electron chi connectivity index (χ4n) is 1.43. The molecular weight excluding hydrogens is 280 g/mol. The van der Waals surface area contributed by atoms with Crippen molar-refractivity contribution in [1.29, 1.82) is 0 Å². The molecule has 0 aliphatic rings. The zero-order valence-corrected chi connectivity index (χ0v) is 13.8. The molecule has 0 saturated heterocycles. The van der Waals surface area contributed by atoms with E-state index in [9.17, 15) is 9.59 Å². The molecule has 0 bridgehead atoms. The summed E-state index contributed by atoms with van der Waals surface area (Å²) in [5.41, 5.74) is 5.45. The highest BCUT2D eigenvalue weighted by Crippen LogP contribution is 2.16. The molecule has 120 valence electrons. The molecule has 0 spiro atoms. The van der Waals surface area contributed by atoms with Gasteiger partial charge < -0.3 is 15.8 Å². The molecule has 20 heavy (non-hydrogen) atoms. The van der Waals surface area contributed by atoms with Crippen LogP contribution >= 0.6 is 12.4 Å². The number of esters is 1. The first-order chi connectivity index (χ1) is 8.79. The molecule has 0 heterocycles. The van der Waals surface area contributed by atoms with Gasteiger partial charge in [0.2, 0.25) is 5.91 Å². The molecule has 5 nitrogen and oxygen atoms in total. The third-order valence-electron chi connectivity index (χ3n) is 2.88. The van der Waals surface area contributed by atoms with Crippen LogP contribution in [-0.2, 0) is 14.3 Å². The first kappa shape index (κ1) is 21.5. The number of amides is 1. The summed E-state index contributed by atoms with van der Waals surface area (Å²) in [4.78, 5) is 23.0. The fraction of sp³-hybridized carbons (Fsp3) is 0.857. The van der Waals surface area contributed by atoms with Gasteiger partial charge in [-0.3, -0.25) is 9.59 Å². The molecule has 0 fully saturated rings. The van der Waals surface area contributed by atoms with Crippen LogP contribution in [0.15, 0.2) is 0 Å². The van der Waals surface area contributed by atoms with Crippen LogP contribution in [0.2, 0.25) is 0 Å². The Morgan fingerprint density at radius 1 is 1.20 bits per heavy atom. The van der Waals surface area contributed by atoms with Crippen LogP contribution in [0.1, 0.15) is 53.4 Å². The Labute approximate surface area is 128 Å². The van der Waals surface area contributed by atoms with Crippen molar-refractivity contribution >= 4 is 24.3 Å². The summed E-state index contributed by atoms with van der Waals surface area (Å²) in [5.74, 6) is -0.735. The highest BCUT2D eigenvalue weighted by Gasteiger charge is 2.27. The lowest BCUT2D eigenvalue weighted by Gasteiger charge is -2.25. The number of halogens is 1. The molecule has 0 aromatic heterocycles. The SMILES string of the molecule is CCCCCCOC(=O)CNC(=O)C(N)C(C)(C)C.Cl. The predicted octanol–water partition coefficient (Wildman–Crippen LogP) is 2.02. The summed E-state index contributed by atoms with van der Waals surface area (Å²) in [6.07, 6.45) is 4.23. The molecule has 0 aliphatic heterocycles. The molecular formula is C14H29ClN2O3. The van der Waals surface area contributed by atoms with Crippen molar-refractivity contribution in [3.05, 3.63) is 0 Å². The molecule has 6 heteroatoms. The topological polar surface area (TPSA) is 81.4 Å². The van der Waals surface area contributed by atoms with Gasteiger partial charge in [-0.2, -0.15) is 0 Å². The Hall–Kier alpha value is -0.810. The summed E-state index contributed by atoms with van der Waals surface area (Å²) in [6, 6.07) is -0.634. The first-order valence-electron chi connectivity index (χ1n) is 6.98. The molecule has 0 radical (unpaired) electrons. The van der Waals surface area contributed by atoms with E-state index in [-0.39, 0.29) is 30.3 Å². The number of carbonyl (C=O) groups is 2. The number of ether oxygens (including phenoxy) is 1. The number of hydrogen-bond donors (Lipinski definition) is 2. The van der Waals surface area contributed by atoms with Gasteiger partial charge in [-0.05, 0) is 11.8 Å². The van der Waals surface area contributed by atoms with Crippen LogP contribution in [-0.4, -0.2) is 31.1 Å². The quantitative estimate of drug-likeness (QED) is 0.531. The van der Waals surface area contributed by atoms with Crippen LogP contribution in [0.25, 0.3) is 0 Å². The van der Waals surface area contributed by atoms with Crippen molar-refractivity contribution < 1.29 is 14.3 Å². The molecule has 0 aromatic carbocycles. The fourth-order valence-corrected chi connectivity index (χ4v) is 1.43. The maximum Gasteiger partial charge on any atom is 0.325 e. The van der Waals surface area contributed by atoms with Gasteiger partial charge in [0.15, 0.2) is 0 Å². The molecule has 3 N–H and O–H groups in total. The van der Waals surface area contributed by atoms with Crippen LogP contribution in [0.4, 0.5) is 0 Å². The zero-order valence-electron chi connectivity index (χ0n) is 13.0. The van der Waals surface area contributed by atoms with Crippen molar-refractivity contribution in [2.75, 3.05) is 13.2 Å². The van der Waals surface area contributed by atoms with Crippen molar-refractivity contribution in [2.24, 2.45) is 11.1 Å². The minimum Gasteiger partial charge on any atom is -0.464 e. The van der Waals surface area contributed by atoms with Crippen molar-refractivity contribution in [3.8, 4) is 0 Å². The van der Waals surface area contributed by atoms with Gasteiger partial charge in [0.25, 0.3) is 0 Å². The van der Waals surface area contributed by atoms with Crippen molar-refractivity contribution in [2.45, 2.75) is 59.4 Å². The normalized spacial score (nSPS) is 12.2. The molecule has 0 saturated carbocycles. The summed E-state index contributed by atoms with van der Waals surface area (Å²) in [7, 11) is 0. The van der Waals surface area contributed by atoms with Gasteiger partial charge >= 0.3 is 5.97 Å². The second kappa shape index (κ2) is 10.9. The zero-order chi connectivity index (χ0) is 14.9. The summed E-state index contributed by atoms with van der Waals surface area (Å²) in [5, 5.41) is 2.50. The second-order valence-corrected chi connectivity index (χ2v) is 5.84. The van der Waals surface area contributed by atoms with E-state index in [4.69, 9.17) is 10.5 Å². The number of carbonyl (C=O) groups excluding carboxylic acids is 2. The summed E-state index contributed by atoms with van der Waals surface area (Å²) < 4.78 is 5.01. The van der Waals surface area contributed by atoms with E-state index in [1.54, 1.807) is 0 Å². The number of nitrogens with two attached hydrogens (primary N) is 1. The van der Waals surface area contributed by atoms with Gasteiger partial charge in [-0.1, -0.05) is 47.0 Å². The number of hydrogen-bond acceptors (Lipinski definition) is 4. The van der Waals surface area contributed by atoms with Gasteiger partial charge in [0, 0.05) is 0 Å². The molecule has 0 aliphatic carbocycles. The van der Waals surface area contributed by atoms with Gasteiger partial charge in [-0.15, -0.1) is 12.4 Å². The minimum absolute atomic E-state index is 0. The smallest absolute Gasteiger partial charge is 0.325 e. The van der Waals surface area contributed by atoms with E-state index in [0.29, 0.717) is 6.61 Å². The van der Waals surface area contributed by atoms with Crippen LogP contribution < -0.4 is 11.1 Å². The molecule has 0 rings (SSSR count). The Balaban J connectivity index is 0. The molecule has 1 unspecified atom stereocenters. The van der Waals surface area contributed by atoms with Gasteiger partial charge in [0.1, 0.15) is 6.54 Å².